The van der Waals surface area contributed by atoms with Gasteiger partial charge in [0.25, 0.3) is 11.8 Å². The van der Waals surface area contributed by atoms with E-state index in [1.807, 2.05) is 49.5 Å². The summed E-state index contributed by atoms with van der Waals surface area (Å²) >= 11 is 0. The van der Waals surface area contributed by atoms with Gasteiger partial charge in [0.2, 0.25) is 0 Å². The molecule has 1 aliphatic rings. The van der Waals surface area contributed by atoms with Gasteiger partial charge in [0.05, 0.1) is 0 Å². The minimum atomic E-state index is -0.752. The van der Waals surface area contributed by atoms with E-state index in [1.54, 1.807) is 40.3 Å². The number of likely N-dealkylation sites (tertiary alicyclic amines) is 1. The number of hydrogen-bond donors (Lipinski definition) is 0. The molecule has 0 saturated carbocycles. The van der Waals surface area contributed by atoms with E-state index >= 15 is 0 Å². The molecule has 180 valence electrons. The van der Waals surface area contributed by atoms with Crippen molar-refractivity contribution in [2.75, 3.05) is 20.1 Å². The minimum Gasteiger partial charge on any atom is -0.337 e. The van der Waals surface area contributed by atoms with E-state index in [0.29, 0.717) is 43.6 Å². The van der Waals surface area contributed by atoms with Crippen LogP contribution in [0.2, 0.25) is 0 Å². The number of pyridine rings is 1. The van der Waals surface area contributed by atoms with Crippen molar-refractivity contribution in [1.29, 1.82) is 0 Å². The second-order valence-corrected chi connectivity index (χ2v) is 8.92. The Balaban J connectivity index is 1.46. The Hall–Kier alpha value is -3.80. The Morgan fingerprint density at radius 3 is 2.26 bits per heavy atom. The van der Waals surface area contributed by atoms with Crippen LogP contribution in [-0.4, -0.2) is 52.8 Å². The first-order chi connectivity index (χ1) is 17.0. The van der Waals surface area contributed by atoms with Crippen LogP contribution in [0.3, 0.4) is 0 Å². The van der Waals surface area contributed by atoms with E-state index in [0.717, 1.165) is 5.56 Å². The van der Waals surface area contributed by atoms with Crippen molar-refractivity contribution in [3.05, 3.63) is 108 Å². The highest BCUT2D eigenvalue weighted by molar-refractivity contribution is 5.95. The topological polar surface area (TPSA) is 53.5 Å². The van der Waals surface area contributed by atoms with Gasteiger partial charge in [-0.15, -0.1) is 0 Å². The van der Waals surface area contributed by atoms with Gasteiger partial charge < -0.3 is 9.80 Å². The molecule has 3 aromatic rings. The first-order valence-electron chi connectivity index (χ1n) is 12.0. The van der Waals surface area contributed by atoms with Crippen molar-refractivity contribution in [2.45, 2.75) is 25.3 Å². The van der Waals surface area contributed by atoms with Crippen molar-refractivity contribution >= 4 is 17.9 Å². The predicted octanol–water partition coefficient (Wildman–Crippen LogP) is 5.01. The smallest absolute Gasteiger partial charge is 0.282 e. The highest BCUT2D eigenvalue weighted by Crippen LogP contribution is 2.28. The second kappa shape index (κ2) is 11.6. The second-order valence-electron chi connectivity index (χ2n) is 8.92. The van der Waals surface area contributed by atoms with Gasteiger partial charge in [0, 0.05) is 32.4 Å². The van der Waals surface area contributed by atoms with Gasteiger partial charge in [-0.2, -0.15) is 0 Å². The first kappa shape index (κ1) is 24.3. The molecule has 1 aromatic heterocycles. The zero-order valence-corrected chi connectivity index (χ0v) is 19.9. The lowest BCUT2D eigenvalue weighted by Crippen LogP contribution is -2.48. The lowest BCUT2D eigenvalue weighted by molar-refractivity contribution is -0.130. The molecular formula is C29H30FN3O2. The Bertz CT molecular complexity index is 1140. The number of benzene rings is 2. The van der Waals surface area contributed by atoms with Crippen LogP contribution in [0.25, 0.3) is 6.08 Å². The summed E-state index contributed by atoms with van der Waals surface area (Å²) in [5.74, 6) is -1.28. The van der Waals surface area contributed by atoms with Crippen molar-refractivity contribution in [3.8, 4) is 0 Å². The Morgan fingerprint density at radius 1 is 1.00 bits per heavy atom. The molecule has 0 bridgehead atoms. The van der Waals surface area contributed by atoms with Gasteiger partial charge in [-0.3, -0.25) is 14.6 Å². The summed E-state index contributed by atoms with van der Waals surface area (Å²) < 4.78 is 14.6. The largest absolute Gasteiger partial charge is 0.337 e. The molecule has 1 aliphatic heterocycles. The maximum atomic E-state index is 14.6. The van der Waals surface area contributed by atoms with Gasteiger partial charge in [-0.1, -0.05) is 66.7 Å². The van der Waals surface area contributed by atoms with Crippen LogP contribution < -0.4 is 0 Å². The summed E-state index contributed by atoms with van der Waals surface area (Å²) in [7, 11) is 1.82. The number of aromatic nitrogens is 1. The van der Waals surface area contributed by atoms with Crippen LogP contribution in [0, 0.1) is 5.92 Å². The number of carbonyl (C=O) groups excluding carboxylic acids is 2. The Labute approximate surface area is 205 Å². The average molecular weight is 472 g/mol. The summed E-state index contributed by atoms with van der Waals surface area (Å²) in [5, 5.41) is 0. The van der Waals surface area contributed by atoms with Gasteiger partial charge >= 0.3 is 0 Å². The molecule has 1 saturated heterocycles. The molecule has 0 spiro atoms. The monoisotopic (exact) mass is 471 g/mol. The summed E-state index contributed by atoms with van der Waals surface area (Å²) in [5.41, 5.74) is 2.22. The van der Waals surface area contributed by atoms with Crippen molar-refractivity contribution in [1.82, 2.24) is 14.8 Å². The van der Waals surface area contributed by atoms with E-state index in [2.05, 4.69) is 17.1 Å². The number of amides is 2. The van der Waals surface area contributed by atoms with Gasteiger partial charge in [0.1, 0.15) is 5.69 Å². The third kappa shape index (κ3) is 6.21. The standard InChI is InChI=1S/C29H30FN3O2/c1-32(29(35)26-14-8-9-17-31-26)27(21-23-12-6-3-7-13-23)24-15-18-33(19-16-24)28(34)25(30)20-22-10-4-2-5-11-22/h2-14,17,20,24,27H,15-16,18-19,21H2,1H3. The van der Waals surface area contributed by atoms with Crippen molar-refractivity contribution in [3.63, 3.8) is 0 Å². The molecule has 0 radical (unpaired) electrons. The van der Waals surface area contributed by atoms with E-state index in [-0.39, 0.29) is 17.9 Å². The molecule has 2 heterocycles. The molecule has 4 rings (SSSR count). The molecule has 2 amide bonds. The number of halogens is 1. The quantitative estimate of drug-likeness (QED) is 0.455. The summed E-state index contributed by atoms with van der Waals surface area (Å²) in [6.45, 7) is 0.910. The van der Waals surface area contributed by atoms with Crippen LogP contribution >= 0.6 is 0 Å². The zero-order chi connectivity index (χ0) is 24.6. The van der Waals surface area contributed by atoms with Crippen molar-refractivity contribution in [2.24, 2.45) is 5.92 Å². The molecule has 35 heavy (non-hydrogen) atoms. The fraction of sp³-hybridized carbons (Fsp3) is 0.276. The molecule has 1 fully saturated rings. The van der Waals surface area contributed by atoms with Gasteiger partial charge in [-0.05, 0) is 54.5 Å². The van der Waals surface area contributed by atoms with E-state index in [9.17, 15) is 14.0 Å². The summed E-state index contributed by atoms with van der Waals surface area (Å²) in [4.78, 5) is 33.5. The normalized spacial score (nSPS) is 15.5. The predicted molar refractivity (Wildman–Crippen MR) is 135 cm³/mol. The summed E-state index contributed by atoms with van der Waals surface area (Å²) in [6, 6.07) is 24.4. The lowest BCUT2D eigenvalue weighted by atomic mass is 9.84. The number of likely N-dealkylation sites (N-methyl/N-ethyl adjacent to an activating group) is 1. The van der Waals surface area contributed by atoms with Crippen molar-refractivity contribution < 1.29 is 14.0 Å². The van der Waals surface area contributed by atoms with Crippen LogP contribution in [-0.2, 0) is 11.2 Å². The number of piperidine rings is 1. The zero-order valence-electron chi connectivity index (χ0n) is 19.9. The third-order valence-electron chi connectivity index (χ3n) is 6.66. The van der Waals surface area contributed by atoms with Gasteiger partial charge in [0.15, 0.2) is 5.83 Å². The Kier molecular flexibility index (Phi) is 8.03. The number of hydrogen-bond acceptors (Lipinski definition) is 3. The molecule has 6 heteroatoms. The molecule has 0 aliphatic carbocycles. The minimum absolute atomic E-state index is 0.0612. The highest BCUT2D eigenvalue weighted by Gasteiger charge is 2.34. The summed E-state index contributed by atoms with van der Waals surface area (Å²) in [6.07, 6.45) is 5.00. The molecular weight excluding hydrogens is 441 g/mol. The SMILES string of the molecule is CN(C(=O)c1ccccn1)C(Cc1ccccc1)C1CCN(C(=O)C(F)=Cc2ccccc2)CC1. The fourth-order valence-corrected chi connectivity index (χ4v) is 4.69. The van der Waals surface area contributed by atoms with Crippen LogP contribution in [0.5, 0.6) is 0 Å². The molecule has 2 aromatic carbocycles. The number of carbonyl (C=O) groups is 2. The van der Waals surface area contributed by atoms with Gasteiger partial charge in [-0.25, -0.2) is 4.39 Å². The van der Waals surface area contributed by atoms with E-state index < -0.39 is 11.7 Å². The first-order valence-corrected chi connectivity index (χ1v) is 12.0. The molecule has 0 N–H and O–H groups in total. The molecule has 5 nitrogen and oxygen atoms in total. The number of nitrogens with zero attached hydrogens (tertiary/aromatic N) is 3. The van der Waals surface area contributed by atoms with Crippen LogP contribution in [0.4, 0.5) is 4.39 Å². The van der Waals surface area contributed by atoms with E-state index in [4.69, 9.17) is 0 Å². The molecule has 1 atom stereocenters. The number of rotatable bonds is 7. The highest BCUT2D eigenvalue weighted by atomic mass is 19.1. The Morgan fingerprint density at radius 2 is 1.63 bits per heavy atom. The maximum Gasteiger partial charge on any atom is 0.282 e. The van der Waals surface area contributed by atoms with Crippen LogP contribution in [0.15, 0.2) is 90.9 Å². The molecule has 1 unspecified atom stereocenters. The fourth-order valence-electron chi connectivity index (χ4n) is 4.69. The maximum absolute atomic E-state index is 14.6. The average Bonchev–Trinajstić information content (AvgIpc) is 2.92. The lowest BCUT2D eigenvalue weighted by Gasteiger charge is -2.40. The van der Waals surface area contributed by atoms with E-state index in [1.165, 1.54) is 6.08 Å². The third-order valence-corrected chi connectivity index (χ3v) is 6.66. The van der Waals surface area contributed by atoms with Crippen LogP contribution in [0.1, 0.15) is 34.5 Å².